The van der Waals surface area contributed by atoms with Gasteiger partial charge in [0.25, 0.3) is 0 Å². The van der Waals surface area contributed by atoms with E-state index < -0.39 is 140 Å². The molecular weight excluding hydrogens is 759 g/mol. The zero-order valence-corrected chi connectivity index (χ0v) is 30.0. The van der Waals surface area contributed by atoms with E-state index >= 15 is 0 Å². The number of phenolic OH excluding ortho intramolecular Hbond substituents is 1. The molecule has 0 spiro atoms. The van der Waals surface area contributed by atoms with Crippen LogP contribution in [-0.4, -0.2) is 98.2 Å². The lowest BCUT2D eigenvalue weighted by atomic mass is 9.87. The number of benzene rings is 1. The lowest BCUT2D eigenvalue weighted by Gasteiger charge is -2.26. The van der Waals surface area contributed by atoms with E-state index in [0.717, 1.165) is 6.07 Å². The van der Waals surface area contributed by atoms with E-state index in [1.165, 1.54) is 32.0 Å². The summed E-state index contributed by atoms with van der Waals surface area (Å²) in [6.45, 7) is 2.38. The van der Waals surface area contributed by atoms with Gasteiger partial charge in [-0.15, -0.1) is 0 Å². The fourth-order valence-electron chi connectivity index (χ4n) is 5.57. The van der Waals surface area contributed by atoms with Gasteiger partial charge in [0.05, 0.1) is 31.3 Å². The Labute approximate surface area is 314 Å². The Morgan fingerprint density at radius 2 is 1.39 bits per heavy atom. The Morgan fingerprint density at radius 1 is 0.768 bits per heavy atom. The number of nitrogens with one attached hydrogen (secondary N) is 3. The minimum Gasteiger partial charge on any atom is -0.508 e. The summed E-state index contributed by atoms with van der Waals surface area (Å²) in [5.41, 5.74) is -0.526. The van der Waals surface area contributed by atoms with Crippen LogP contribution in [-0.2, 0) is 49.6 Å². The maximum Gasteiger partial charge on any atom is 0.450 e. The van der Waals surface area contributed by atoms with E-state index in [4.69, 9.17) is 9.52 Å². The number of aliphatic carboxylic acids is 3. The largest absolute Gasteiger partial charge is 0.508 e. The maximum absolute atomic E-state index is 13.3. The van der Waals surface area contributed by atoms with Crippen LogP contribution in [0.5, 0.6) is 5.75 Å². The predicted octanol–water partition coefficient (Wildman–Crippen LogP) is 1.27. The number of hydrogen-bond acceptors (Lipinski definition) is 12. The summed E-state index contributed by atoms with van der Waals surface area (Å²) in [5.74, 6) is -17.1. The van der Waals surface area contributed by atoms with Gasteiger partial charge in [0.1, 0.15) is 11.3 Å². The number of carbonyl (C=O) groups excluding carboxylic acids is 6. The third-order valence-electron chi connectivity index (χ3n) is 8.30. The summed E-state index contributed by atoms with van der Waals surface area (Å²) >= 11 is 0. The number of phenols is 1. The number of carbonyl (C=O) groups is 9. The minimum absolute atomic E-state index is 0.0217. The van der Waals surface area contributed by atoms with Crippen LogP contribution in [0.25, 0.3) is 11.0 Å². The highest BCUT2D eigenvalue weighted by molar-refractivity contribution is 5.98. The molecule has 1 aromatic heterocycles. The van der Waals surface area contributed by atoms with Crippen molar-refractivity contribution in [3.8, 4) is 5.75 Å². The van der Waals surface area contributed by atoms with Crippen LogP contribution in [0.3, 0.4) is 0 Å². The summed E-state index contributed by atoms with van der Waals surface area (Å²) < 4.78 is 44.3. The number of fused-ring (bicyclic) bond motifs is 1. The van der Waals surface area contributed by atoms with Gasteiger partial charge in [-0.3, -0.25) is 43.2 Å². The normalized spacial score (nSPS) is 13.5. The van der Waals surface area contributed by atoms with Crippen molar-refractivity contribution < 1.29 is 81.2 Å². The van der Waals surface area contributed by atoms with Crippen LogP contribution in [0.2, 0.25) is 0 Å². The molecule has 18 nitrogen and oxygen atoms in total. The molecule has 3 unspecified atom stereocenters. The van der Waals surface area contributed by atoms with E-state index in [1.54, 1.807) is 0 Å². The molecule has 2 rings (SSSR count). The molecule has 0 aliphatic heterocycles. The van der Waals surface area contributed by atoms with Gasteiger partial charge in [-0.25, -0.2) is 4.79 Å². The molecule has 21 heteroatoms. The monoisotopic (exact) mass is 799 g/mol. The number of ketones is 3. The van der Waals surface area contributed by atoms with Gasteiger partial charge in [-0.1, -0.05) is 13.8 Å². The molecular formula is C35H40F3N3O15. The van der Waals surface area contributed by atoms with Crippen LogP contribution in [0.4, 0.5) is 13.2 Å². The molecule has 4 atom stereocenters. The summed E-state index contributed by atoms with van der Waals surface area (Å²) in [7, 11) is 0. The van der Waals surface area contributed by atoms with Crippen molar-refractivity contribution in [2.45, 2.75) is 83.5 Å². The van der Waals surface area contributed by atoms with Crippen molar-refractivity contribution in [2.24, 2.45) is 17.8 Å². The van der Waals surface area contributed by atoms with E-state index in [2.05, 4.69) is 16.0 Å². The van der Waals surface area contributed by atoms with Gasteiger partial charge in [-0.05, 0) is 30.0 Å². The first kappa shape index (κ1) is 46.0. The Hall–Kier alpha value is -6.15. The van der Waals surface area contributed by atoms with Gasteiger partial charge < -0.3 is 40.8 Å². The third-order valence-corrected chi connectivity index (χ3v) is 8.30. The Morgan fingerprint density at radius 3 is 1.96 bits per heavy atom. The summed E-state index contributed by atoms with van der Waals surface area (Å²) in [6, 6.07) is 1.58. The predicted molar refractivity (Wildman–Crippen MR) is 183 cm³/mol. The SMILES string of the molecule is CC(C)[C@@H](NC(=O)C(CCC(=O)O)CC(=O)C(CC(=O)O)NC(=O)CCNC(=O)Cc1cc(=O)oc2cc(O)ccc12)C(=O)CC(CC(=O)O)C(=O)C(F)(F)F. The van der Waals surface area contributed by atoms with Gasteiger partial charge in [0.2, 0.25) is 23.5 Å². The van der Waals surface area contributed by atoms with Gasteiger partial charge >= 0.3 is 29.7 Å². The zero-order chi connectivity index (χ0) is 42.5. The van der Waals surface area contributed by atoms with Crippen LogP contribution in [0.15, 0.2) is 33.5 Å². The van der Waals surface area contributed by atoms with Crippen molar-refractivity contribution >= 4 is 63.9 Å². The van der Waals surface area contributed by atoms with Crippen molar-refractivity contribution in [2.75, 3.05) is 6.54 Å². The molecule has 7 N–H and O–H groups in total. The first-order chi connectivity index (χ1) is 26.0. The standard InChI is InChI=1S/C35H40F3N3O15/c1-16(2)32(24(44)10-19(12-29(49)50)33(54)35(36,37)38)41-34(55)17(3-6-28(47)48)9-23(43)22(15-30(51)52)40-26(45)7-8-39-27(46)11-18-13-31(53)56-25-14-20(42)4-5-21(18)25/h4-5,13-14,16-17,19,22,32,42H,3,6-12,15H2,1-2H3,(H,39,46)(H,40,45)(H,41,55)(H,47,48)(H,49,50)(H,51,52)/t17?,19?,22?,32-/m1/s1. The quantitative estimate of drug-likeness (QED) is 0.0779. The topological polar surface area (TPSA) is 301 Å². The molecule has 0 aliphatic rings. The van der Waals surface area contributed by atoms with Crippen LogP contribution in [0, 0.1) is 17.8 Å². The van der Waals surface area contributed by atoms with Crippen LogP contribution in [0.1, 0.15) is 64.4 Å². The second-order valence-corrected chi connectivity index (χ2v) is 13.1. The Kier molecular flexibility index (Phi) is 16.8. The molecule has 0 saturated carbocycles. The zero-order valence-electron chi connectivity index (χ0n) is 30.0. The molecule has 0 aliphatic carbocycles. The van der Waals surface area contributed by atoms with Gasteiger partial charge in [0, 0.05) is 61.6 Å². The molecule has 2 aromatic rings. The number of carboxylic acid groups (broad SMARTS) is 3. The summed E-state index contributed by atoms with van der Waals surface area (Å²) in [5, 5.41) is 44.4. The second-order valence-electron chi connectivity index (χ2n) is 13.1. The number of aromatic hydroxyl groups is 1. The Balaban J connectivity index is 2.14. The molecule has 3 amide bonds. The fraction of sp³-hybridized carbons (Fsp3) is 0.486. The Bertz CT molecular complexity index is 1910. The fourth-order valence-corrected chi connectivity index (χ4v) is 5.57. The maximum atomic E-state index is 13.3. The van der Waals surface area contributed by atoms with E-state index in [9.17, 15) is 76.4 Å². The molecule has 0 saturated heterocycles. The van der Waals surface area contributed by atoms with E-state index in [0.29, 0.717) is 5.39 Å². The van der Waals surface area contributed by atoms with Gasteiger partial charge in [-0.2, -0.15) is 13.2 Å². The number of carboxylic acids is 3. The van der Waals surface area contributed by atoms with Gasteiger partial charge in [0.15, 0.2) is 11.6 Å². The first-order valence-corrected chi connectivity index (χ1v) is 16.9. The number of alkyl halides is 3. The number of amides is 3. The highest BCUT2D eigenvalue weighted by Gasteiger charge is 2.45. The van der Waals surface area contributed by atoms with Crippen molar-refractivity contribution in [1.29, 1.82) is 0 Å². The summed E-state index contributed by atoms with van der Waals surface area (Å²) in [4.78, 5) is 123. The number of Topliss-reactive ketones (excluding diaryl/α,β-unsaturated/α-hetero) is 3. The summed E-state index contributed by atoms with van der Waals surface area (Å²) in [6.07, 6.45) is -12.0. The van der Waals surface area contributed by atoms with Crippen molar-refractivity contribution in [3.05, 3.63) is 40.2 Å². The highest BCUT2D eigenvalue weighted by atomic mass is 19.4. The van der Waals surface area contributed by atoms with Crippen molar-refractivity contribution in [3.63, 3.8) is 0 Å². The molecule has 56 heavy (non-hydrogen) atoms. The second kappa shape index (κ2) is 20.5. The van der Waals surface area contributed by atoms with Crippen LogP contribution >= 0.6 is 0 Å². The molecule has 1 aromatic carbocycles. The highest BCUT2D eigenvalue weighted by Crippen LogP contribution is 2.27. The molecule has 0 radical (unpaired) electrons. The lowest BCUT2D eigenvalue weighted by molar-refractivity contribution is -0.177. The number of rotatable bonds is 23. The lowest BCUT2D eigenvalue weighted by Crippen LogP contribution is -2.49. The van der Waals surface area contributed by atoms with E-state index in [-0.39, 0.29) is 29.9 Å². The molecule has 306 valence electrons. The number of hydrogen-bond donors (Lipinski definition) is 7. The average Bonchev–Trinajstić information content (AvgIpc) is 3.06. The number of halogens is 3. The molecule has 1 heterocycles. The first-order valence-electron chi connectivity index (χ1n) is 16.9. The van der Waals surface area contributed by atoms with E-state index in [1.807, 2.05) is 0 Å². The smallest absolute Gasteiger partial charge is 0.450 e. The third kappa shape index (κ3) is 14.9. The minimum atomic E-state index is -5.47. The van der Waals surface area contributed by atoms with Crippen molar-refractivity contribution in [1.82, 2.24) is 16.0 Å². The van der Waals surface area contributed by atoms with Crippen LogP contribution < -0.4 is 21.6 Å². The molecule has 0 fully saturated rings. The average molecular weight is 800 g/mol. The molecule has 0 bridgehead atoms.